The van der Waals surface area contributed by atoms with Crippen molar-refractivity contribution in [3.05, 3.63) is 101 Å². The summed E-state index contributed by atoms with van der Waals surface area (Å²) in [7, 11) is 0. The number of carbonyl (C=O) groups excluding carboxylic acids is 1. The van der Waals surface area contributed by atoms with Crippen molar-refractivity contribution in [3.8, 4) is 11.3 Å². The number of benzene rings is 3. The van der Waals surface area contributed by atoms with Gasteiger partial charge in [0.2, 0.25) is 0 Å². The Bertz CT molecular complexity index is 1170. The van der Waals surface area contributed by atoms with Gasteiger partial charge in [-0.2, -0.15) is 0 Å². The van der Waals surface area contributed by atoms with Crippen LogP contribution in [0.3, 0.4) is 0 Å². The Morgan fingerprint density at radius 3 is 2.41 bits per heavy atom. The molecule has 4 rings (SSSR count). The van der Waals surface area contributed by atoms with E-state index in [0.717, 1.165) is 28.6 Å². The molecule has 144 valence electrons. The quantitative estimate of drug-likeness (QED) is 0.497. The largest absolute Gasteiger partial charge is 0.352 e. The SMILES string of the molecule is Cc1ccc(-c2cc(C(=O)NCCc3ccccc3)c3ccccc3n2)cc1C. The molecule has 3 nitrogen and oxygen atoms in total. The maximum absolute atomic E-state index is 13.0. The number of rotatable bonds is 5. The van der Waals surface area contributed by atoms with E-state index < -0.39 is 0 Å². The van der Waals surface area contributed by atoms with E-state index in [2.05, 4.69) is 49.5 Å². The van der Waals surface area contributed by atoms with E-state index in [1.54, 1.807) is 0 Å². The topological polar surface area (TPSA) is 42.0 Å². The van der Waals surface area contributed by atoms with Gasteiger partial charge in [-0.15, -0.1) is 0 Å². The summed E-state index contributed by atoms with van der Waals surface area (Å²) in [6, 6.07) is 26.2. The van der Waals surface area contributed by atoms with Crippen LogP contribution in [0.5, 0.6) is 0 Å². The third-order valence-corrected chi connectivity index (χ3v) is 5.31. The Hall–Kier alpha value is -3.46. The van der Waals surface area contributed by atoms with Crippen LogP contribution in [0, 0.1) is 13.8 Å². The van der Waals surface area contributed by atoms with Crippen LogP contribution in [0.15, 0.2) is 78.9 Å². The lowest BCUT2D eigenvalue weighted by molar-refractivity contribution is 0.0956. The van der Waals surface area contributed by atoms with Gasteiger partial charge < -0.3 is 5.32 Å². The summed E-state index contributed by atoms with van der Waals surface area (Å²) in [4.78, 5) is 17.8. The molecular weight excluding hydrogens is 356 g/mol. The first kappa shape index (κ1) is 18.9. The molecule has 0 aliphatic heterocycles. The standard InChI is InChI=1S/C26H24N2O/c1-18-12-13-21(16-19(18)2)25-17-23(22-10-6-7-11-24(22)28-25)26(29)27-15-14-20-8-4-3-5-9-20/h3-13,16-17H,14-15H2,1-2H3,(H,27,29). The van der Waals surface area contributed by atoms with E-state index in [1.807, 2.05) is 48.5 Å². The number of aryl methyl sites for hydroxylation is 2. The predicted octanol–water partition coefficient (Wildman–Crippen LogP) is 5.49. The van der Waals surface area contributed by atoms with E-state index in [-0.39, 0.29) is 5.91 Å². The number of aromatic nitrogens is 1. The lowest BCUT2D eigenvalue weighted by Gasteiger charge is -2.11. The third-order valence-electron chi connectivity index (χ3n) is 5.31. The number of hydrogen-bond acceptors (Lipinski definition) is 2. The maximum Gasteiger partial charge on any atom is 0.252 e. The van der Waals surface area contributed by atoms with Crippen molar-refractivity contribution in [3.63, 3.8) is 0 Å². The van der Waals surface area contributed by atoms with Crippen LogP contribution in [-0.4, -0.2) is 17.4 Å². The molecule has 29 heavy (non-hydrogen) atoms. The molecule has 0 radical (unpaired) electrons. The van der Waals surface area contributed by atoms with Gasteiger partial charge >= 0.3 is 0 Å². The van der Waals surface area contributed by atoms with E-state index in [1.165, 1.54) is 16.7 Å². The van der Waals surface area contributed by atoms with Gasteiger partial charge in [-0.3, -0.25) is 4.79 Å². The number of nitrogens with zero attached hydrogens (tertiary/aromatic N) is 1. The number of nitrogens with one attached hydrogen (secondary N) is 1. The molecule has 0 aliphatic carbocycles. The summed E-state index contributed by atoms with van der Waals surface area (Å²) in [6.07, 6.45) is 0.805. The highest BCUT2D eigenvalue weighted by molar-refractivity contribution is 6.07. The van der Waals surface area contributed by atoms with E-state index in [9.17, 15) is 4.79 Å². The lowest BCUT2D eigenvalue weighted by atomic mass is 10.0. The molecule has 3 heteroatoms. The van der Waals surface area contributed by atoms with Gasteiger partial charge in [-0.25, -0.2) is 4.98 Å². The van der Waals surface area contributed by atoms with Gasteiger partial charge in [0.15, 0.2) is 0 Å². The molecule has 3 aromatic carbocycles. The van der Waals surface area contributed by atoms with Crippen LogP contribution in [0.2, 0.25) is 0 Å². The Morgan fingerprint density at radius 1 is 0.862 bits per heavy atom. The van der Waals surface area contributed by atoms with E-state index in [4.69, 9.17) is 4.98 Å². The first-order valence-corrected chi connectivity index (χ1v) is 9.91. The number of carbonyl (C=O) groups is 1. The lowest BCUT2D eigenvalue weighted by Crippen LogP contribution is -2.26. The highest BCUT2D eigenvalue weighted by Gasteiger charge is 2.14. The number of hydrogen-bond donors (Lipinski definition) is 1. The van der Waals surface area contributed by atoms with Crippen molar-refractivity contribution in [2.45, 2.75) is 20.3 Å². The fraction of sp³-hybridized carbons (Fsp3) is 0.154. The average Bonchev–Trinajstić information content (AvgIpc) is 2.75. The minimum atomic E-state index is -0.0652. The highest BCUT2D eigenvalue weighted by Crippen LogP contribution is 2.26. The molecule has 1 aromatic heterocycles. The van der Waals surface area contributed by atoms with Crippen LogP contribution in [0.25, 0.3) is 22.2 Å². The van der Waals surface area contributed by atoms with Gasteiger partial charge in [-0.05, 0) is 55.2 Å². The molecular formula is C26H24N2O. The molecule has 0 atom stereocenters. The van der Waals surface area contributed by atoms with Crippen LogP contribution in [0.1, 0.15) is 27.0 Å². The fourth-order valence-corrected chi connectivity index (χ4v) is 3.47. The van der Waals surface area contributed by atoms with Crippen LogP contribution < -0.4 is 5.32 Å². The van der Waals surface area contributed by atoms with Gasteiger partial charge in [0.1, 0.15) is 0 Å². The van der Waals surface area contributed by atoms with Crippen molar-refractivity contribution in [1.82, 2.24) is 10.3 Å². The zero-order valence-corrected chi connectivity index (χ0v) is 16.8. The second-order valence-electron chi connectivity index (χ2n) is 7.36. The van der Waals surface area contributed by atoms with Gasteiger partial charge in [-0.1, -0.05) is 60.7 Å². The minimum absolute atomic E-state index is 0.0652. The van der Waals surface area contributed by atoms with E-state index in [0.29, 0.717) is 12.1 Å². The molecule has 1 heterocycles. The average molecular weight is 380 g/mol. The summed E-state index contributed by atoms with van der Waals surface area (Å²) >= 11 is 0. The smallest absolute Gasteiger partial charge is 0.252 e. The van der Waals surface area contributed by atoms with Crippen molar-refractivity contribution in [1.29, 1.82) is 0 Å². The van der Waals surface area contributed by atoms with Crippen molar-refractivity contribution < 1.29 is 4.79 Å². The molecule has 0 spiro atoms. The highest BCUT2D eigenvalue weighted by atomic mass is 16.1. The Balaban J connectivity index is 1.65. The molecule has 0 bridgehead atoms. The van der Waals surface area contributed by atoms with Crippen LogP contribution >= 0.6 is 0 Å². The third kappa shape index (κ3) is 4.19. The zero-order valence-electron chi connectivity index (χ0n) is 16.8. The molecule has 0 fully saturated rings. The van der Waals surface area contributed by atoms with Crippen molar-refractivity contribution >= 4 is 16.8 Å². The summed E-state index contributed by atoms with van der Waals surface area (Å²) in [6.45, 7) is 4.79. The molecule has 1 amide bonds. The molecule has 1 N–H and O–H groups in total. The summed E-state index contributed by atoms with van der Waals surface area (Å²) in [5, 5.41) is 3.94. The van der Waals surface area contributed by atoms with Crippen molar-refractivity contribution in [2.75, 3.05) is 6.54 Å². The first-order valence-electron chi connectivity index (χ1n) is 9.91. The molecule has 0 saturated carbocycles. The normalized spacial score (nSPS) is 10.8. The summed E-state index contributed by atoms with van der Waals surface area (Å²) in [5.74, 6) is -0.0652. The number of fused-ring (bicyclic) bond motifs is 1. The minimum Gasteiger partial charge on any atom is -0.352 e. The Kier molecular flexibility index (Phi) is 5.39. The summed E-state index contributed by atoms with van der Waals surface area (Å²) < 4.78 is 0. The second-order valence-corrected chi connectivity index (χ2v) is 7.36. The zero-order chi connectivity index (χ0) is 20.2. The predicted molar refractivity (Wildman–Crippen MR) is 119 cm³/mol. The molecule has 0 aliphatic rings. The fourth-order valence-electron chi connectivity index (χ4n) is 3.47. The Labute approximate surface area is 171 Å². The van der Waals surface area contributed by atoms with Gasteiger partial charge in [0, 0.05) is 17.5 Å². The Morgan fingerprint density at radius 2 is 1.62 bits per heavy atom. The number of para-hydroxylation sites is 1. The first-order chi connectivity index (χ1) is 14.1. The van der Waals surface area contributed by atoms with Crippen LogP contribution in [-0.2, 0) is 6.42 Å². The molecule has 4 aromatic rings. The number of amides is 1. The second kappa shape index (κ2) is 8.27. The molecule has 0 unspecified atom stereocenters. The maximum atomic E-state index is 13.0. The van der Waals surface area contributed by atoms with Crippen molar-refractivity contribution in [2.24, 2.45) is 0 Å². The van der Waals surface area contributed by atoms with Gasteiger partial charge in [0.25, 0.3) is 5.91 Å². The summed E-state index contributed by atoms with van der Waals surface area (Å²) in [5.41, 5.74) is 7.01. The number of pyridine rings is 1. The molecule has 0 saturated heterocycles. The van der Waals surface area contributed by atoms with E-state index >= 15 is 0 Å². The monoisotopic (exact) mass is 380 g/mol. The van der Waals surface area contributed by atoms with Crippen LogP contribution in [0.4, 0.5) is 0 Å². The van der Waals surface area contributed by atoms with Gasteiger partial charge in [0.05, 0.1) is 16.8 Å².